The number of aliphatic hydroxyl groups excluding tert-OH is 1. The van der Waals surface area contributed by atoms with E-state index in [0.29, 0.717) is 23.0 Å². The lowest BCUT2D eigenvalue weighted by molar-refractivity contribution is -0.112. The van der Waals surface area contributed by atoms with Gasteiger partial charge in [-0.1, -0.05) is 0 Å². The van der Waals surface area contributed by atoms with Gasteiger partial charge in [0.05, 0.1) is 0 Å². The second-order valence-electron chi connectivity index (χ2n) is 4.72. The highest BCUT2D eigenvalue weighted by molar-refractivity contribution is 6.04. The van der Waals surface area contributed by atoms with Gasteiger partial charge in [0.1, 0.15) is 29.6 Å². The zero-order valence-electron chi connectivity index (χ0n) is 12.6. The van der Waals surface area contributed by atoms with Crippen molar-refractivity contribution >= 4 is 29.8 Å². The predicted molar refractivity (Wildman–Crippen MR) is 86.1 cm³/mol. The second-order valence-corrected chi connectivity index (χ2v) is 4.72. The Bertz CT molecular complexity index is 771. The fourth-order valence-corrected chi connectivity index (χ4v) is 1.70. The first-order valence-corrected chi connectivity index (χ1v) is 6.95. The van der Waals surface area contributed by atoms with E-state index in [1.54, 1.807) is 36.4 Å². The largest absolute Gasteiger partial charge is 0.459 e. The molecule has 0 unspecified atom stereocenters. The summed E-state index contributed by atoms with van der Waals surface area (Å²) in [4.78, 5) is 22.6. The zero-order valence-corrected chi connectivity index (χ0v) is 12.6. The van der Waals surface area contributed by atoms with E-state index < -0.39 is 0 Å². The van der Waals surface area contributed by atoms with Crippen LogP contribution in [0, 0.1) is 0 Å². The Labute approximate surface area is 133 Å². The number of hydrogen-bond acceptors (Lipinski definition) is 5. The van der Waals surface area contributed by atoms with Crippen molar-refractivity contribution in [3.63, 3.8) is 0 Å². The maximum absolute atomic E-state index is 11.7. The number of ketones is 2. The molecule has 0 atom stereocenters. The lowest BCUT2D eigenvalue weighted by Gasteiger charge is -1.87. The number of carbonyl (C=O) groups excluding carboxylic acids is 2. The maximum Gasteiger partial charge on any atom is 0.178 e. The summed E-state index contributed by atoms with van der Waals surface area (Å²) >= 11 is 0. The van der Waals surface area contributed by atoms with E-state index in [9.17, 15) is 9.59 Å². The van der Waals surface area contributed by atoms with Crippen molar-refractivity contribution in [2.24, 2.45) is 0 Å². The van der Waals surface area contributed by atoms with Gasteiger partial charge in [-0.2, -0.15) is 0 Å². The standard InChI is InChI=1S/C18H16O5/c1-13(20)2-5-15-8-9-16(22-15)6-3-14(21)4-7-17-10-11-18(12-19)23-17/h2-11,19H,12H2,1H3/b5-2+,6-3+,7-4+. The number of carbonyl (C=O) groups is 2. The Hall–Kier alpha value is -2.92. The molecule has 23 heavy (non-hydrogen) atoms. The molecule has 0 bridgehead atoms. The molecule has 5 heteroatoms. The minimum atomic E-state index is -0.232. The zero-order chi connectivity index (χ0) is 16.7. The molecule has 0 saturated carbocycles. The van der Waals surface area contributed by atoms with Gasteiger partial charge < -0.3 is 13.9 Å². The Morgan fingerprint density at radius 3 is 1.96 bits per heavy atom. The predicted octanol–water partition coefficient (Wildman–Crippen LogP) is 3.26. The Kier molecular flexibility index (Phi) is 5.66. The number of furan rings is 2. The first-order valence-electron chi connectivity index (χ1n) is 6.95. The van der Waals surface area contributed by atoms with Crippen LogP contribution < -0.4 is 0 Å². The molecule has 0 fully saturated rings. The van der Waals surface area contributed by atoms with E-state index >= 15 is 0 Å². The molecule has 2 aromatic heterocycles. The van der Waals surface area contributed by atoms with Gasteiger partial charge >= 0.3 is 0 Å². The van der Waals surface area contributed by atoms with Crippen LogP contribution in [0.4, 0.5) is 0 Å². The summed E-state index contributed by atoms with van der Waals surface area (Å²) in [5, 5.41) is 8.88. The number of rotatable bonds is 7. The fourth-order valence-electron chi connectivity index (χ4n) is 1.70. The summed E-state index contributed by atoms with van der Waals surface area (Å²) in [6, 6.07) is 6.71. The van der Waals surface area contributed by atoms with E-state index in [0.717, 1.165) is 0 Å². The third-order valence-corrected chi connectivity index (χ3v) is 2.79. The summed E-state index contributed by atoms with van der Waals surface area (Å²) in [5.74, 6) is 1.68. The van der Waals surface area contributed by atoms with Gasteiger partial charge in [0.15, 0.2) is 11.6 Å². The highest BCUT2D eigenvalue weighted by Gasteiger charge is 1.99. The van der Waals surface area contributed by atoms with Crippen LogP contribution in [0.2, 0.25) is 0 Å². The smallest absolute Gasteiger partial charge is 0.178 e. The van der Waals surface area contributed by atoms with Crippen LogP contribution >= 0.6 is 0 Å². The van der Waals surface area contributed by atoms with E-state index in [1.165, 1.54) is 31.2 Å². The van der Waals surface area contributed by atoms with Crippen LogP contribution in [0.3, 0.4) is 0 Å². The van der Waals surface area contributed by atoms with Crippen molar-refractivity contribution in [2.45, 2.75) is 13.5 Å². The molecule has 2 heterocycles. The quantitative estimate of drug-likeness (QED) is 0.794. The first-order chi connectivity index (χ1) is 11.1. The molecule has 0 radical (unpaired) electrons. The molecule has 2 rings (SSSR count). The van der Waals surface area contributed by atoms with Crippen molar-refractivity contribution in [1.82, 2.24) is 0 Å². The monoisotopic (exact) mass is 312 g/mol. The molecule has 118 valence electrons. The van der Waals surface area contributed by atoms with Crippen molar-refractivity contribution in [1.29, 1.82) is 0 Å². The van der Waals surface area contributed by atoms with E-state index in [1.807, 2.05) is 0 Å². The molecule has 0 aromatic carbocycles. The van der Waals surface area contributed by atoms with Crippen LogP contribution in [0.1, 0.15) is 30.0 Å². The van der Waals surface area contributed by atoms with Gasteiger partial charge in [-0.05, 0) is 67.6 Å². The minimum absolute atomic E-state index is 0.0684. The van der Waals surface area contributed by atoms with Crippen LogP contribution in [-0.4, -0.2) is 16.7 Å². The third kappa shape index (κ3) is 5.41. The molecule has 1 N–H and O–H groups in total. The minimum Gasteiger partial charge on any atom is -0.459 e. The first kappa shape index (κ1) is 16.5. The Balaban J connectivity index is 1.94. The summed E-state index contributed by atoms with van der Waals surface area (Å²) in [7, 11) is 0. The summed E-state index contributed by atoms with van der Waals surface area (Å²) in [6.07, 6.45) is 8.76. The molecule has 0 spiro atoms. The van der Waals surface area contributed by atoms with E-state index in [4.69, 9.17) is 13.9 Å². The van der Waals surface area contributed by atoms with Gasteiger partial charge in [0.25, 0.3) is 0 Å². The molecular weight excluding hydrogens is 296 g/mol. The van der Waals surface area contributed by atoms with E-state index in [2.05, 4.69) is 0 Å². The van der Waals surface area contributed by atoms with Gasteiger partial charge in [0.2, 0.25) is 0 Å². The normalized spacial score (nSPS) is 11.9. The Morgan fingerprint density at radius 1 is 0.913 bits per heavy atom. The van der Waals surface area contributed by atoms with Gasteiger partial charge in [-0.25, -0.2) is 0 Å². The highest BCUT2D eigenvalue weighted by atomic mass is 16.4. The Morgan fingerprint density at radius 2 is 1.43 bits per heavy atom. The molecule has 5 nitrogen and oxygen atoms in total. The maximum atomic E-state index is 11.7. The number of allylic oxidation sites excluding steroid dienone is 3. The molecule has 2 aromatic rings. The average molecular weight is 312 g/mol. The number of hydrogen-bond donors (Lipinski definition) is 1. The second kappa shape index (κ2) is 7.91. The van der Waals surface area contributed by atoms with Crippen LogP contribution in [0.15, 0.2) is 51.3 Å². The van der Waals surface area contributed by atoms with Gasteiger partial charge in [-0.3, -0.25) is 9.59 Å². The topological polar surface area (TPSA) is 80.7 Å². The molecular formula is C18H16O5. The van der Waals surface area contributed by atoms with Crippen molar-refractivity contribution in [3.8, 4) is 0 Å². The summed E-state index contributed by atoms with van der Waals surface area (Å²) in [5.41, 5.74) is 0. The highest BCUT2D eigenvalue weighted by Crippen LogP contribution is 2.12. The third-order valence-electron chi connectivity index (χ3n) is 2.79. The van der Waals surface area contributed by atoms with Gasteiger partial charge in [0, 0.05) is 0 Å². The SMILES string of the molecule is CC(=O)/C=C/c1ccc(/C=C/C(=O)/C=C/c2ccc(CO)o2)o1. The van der Waals surface area contributed by atoms with Crippen LogP contribution in [0.5, 0.6) is 0 Å². The lowest BCUT2D eigenvalue weighted by Crippen LogP contribution is -1.83. The lowest BCUT2D eigenvalue weighted by atomic mass is 10.3. The molecule has 0 aliphatic rings. The van der Waals surface area contributed by atoms with E-state index in [-0.39, 0.29) is 18.2 Å². The number of aliphatic hydroxyl groups is 1. The van der Waals surface area contributed by atoms with Gasteiger partial charge in [-0.15, -0.1) is 0 Å². The summed E-state index contributed by atoms with van der Waals surface area (Å²) in [6.45, 7) is 1.27. The molecule has 0 aliphatic carbocycles. The van der Waals surface area contributed by atoms with Crippen molar-refractivity contribution in [3.05, 3.63) is 65.5 Å². The molecule has 0 amide bonds. The van der Waals surface area contributed by atoms with Crippen LogP contribution in [0.25, 0.3) is 18.2 Å². The average Bonchev–Trinajstić information content (AvgIpc) is 3.17. The molecule has 0 aliphatic heterocycles. The van der Waals surface area contributed by atoms with Crippen molar-refractivity contribution in [2.75, 3.05) is 0 Å². The fraction of sp³-hybridized carbons (Fsp3) is 0.111. The molecule has 0 saturated heterocycles. The summed E-state index contributed by atoms with van der Waals surface area (Å²) < 4.78 is 10.6. The van der Waals surface area contributed by atoms with Crippen LogP contribution in [-0.2, 0) is 16.2 Å². The van der Waals surface area contributed by atoms with Crippen molar-refractivity contribution < 1.29 is 23.5 Å².